The van der Waals surface area contributed by atoms with Crippen molar-refractivity contribution in [2.75, 3.05) is 12.4 Å². The van der Waals surface area contributed by atoms with Gasteiger partial charge in [0, 0.05) is 10.6 Å². The molecule has 7 nitrogen and oxygen atoms in total. The Labute approximate surface area is 146 Å². The molecule has 2 N–H and O–H groups in total. The van der Waals surface area contributed by atoms with Gasteiger partial charge in [0.1, 0.15) is 10.6 Å². The third kappa shape index (κ3) is 4.93. The van der Waals surface area contributed by atoms with Gasteiger partial charge in [-0.25, -0.2) is 9.59 Å². The van der Waals surface area contributed by atoms with Gasteiger partial charge in [-0.3, -0.25) is 4.79 Å². The number of rotatable bonds is 7. The number of thiophene rings is 1. The van der Waals surface area contributed by atoms with Crippen molar-refractivity contribution in [3.8, 4) is 0 Å². The lowest BCUT2D eigenvalue weighted by Gasteiger charge is -2.09. The van der Waals surface area contributed by atoms with Crippen LogP contribution in [-0.2, 0) is 16.1 Å². The summed E-state index contributed by atoms with van der Waals surface area (Å²) < 4.78 is 4.98. The number of carbonyl (C=O) groups excluding carboxylic acids is 2. The maximum absolute atomic E-state index is 12.0. The second kappa shape index (κ2) is 8.65. The molecule has 0 fully saturated rings. The number of amides is 1. The molecule has 0 saturated heterocycles. The SMILES string of the molecule is CCOC(=O)c1c(SCC(=O)NCc2cccs2)nc(=O)[nH]c1C. The topological polar surface area (TPSA) is 101 Å². The normalized spacial score (nSPS) is 10.4. The van der Waals surface area contributed by atoms with Crippen molar-refractivity contribution >= 4 is 35.0 Å². The smallest absolute Gasteiger partial charge is 0.346 e. The molecule has 9 heteroatoms. The summed E-state index contributed by atoms with van der Waals surface area (Å²) in [6.45, 7) is 3.94. The Kier molecular flexibility index (Phi) is 6.56. The van der Waals surface area contributed by atoms with Crippen molar-refractivity contribution in [1.82, 2.24) is 15.3 Å². The van der Waals surface area contributed by atoms with E-state index in [1.165, 1.54) is 0 Å². The van der Waals surface area contributed by atoms with E-state index in [4.69, 9.17) is 4.74 Å². The number of nitrogens with one attached hydrogen (secondary N) is 2. The number of hydrogen-bond acceptors (Lipinski definition) is 7. The third-order valence-corrected chi connectivity index (χ3v) is 4.80. The van der Waals surface area contributed by atoms with Gasteiger partial charge in [-0.15, -0.1) is 11.3 Å². The van der Waals surface area contributed by atoms with Crippen LogP contribution in [0.25, 0.3) is 0 Å². The molecular formula is C15H17N3O4S2. The number of aromatic nitrogens is 2. The maximum Gasteiger partial charge on any atom is 0.346 e. The average Bonchev–Trinajstić information content (AvgIpc) is 3.03. The van der Waals surface area contributed by atoms with Crippen LogP contribution in [0.15, 0.2) is 27.3 Å². The van der Waals surface area contributed by atoms with Crippen LogP contribution < -0.4 is 11.0 Å². The van der Waals surface area contributed by atoms with Gasteiger partial charge in [-0.2, -0.15) is 4.98 Å². The van der Waals surface area contributed by atoms with E-state index in [1.54, 1.807) is 25.2 Å². The number of H-pyrrole nitrogens is 1. The van der Waals surface area contributed by atoms with Gasteiger partial charge >= 0.3 is 11.7 Å². The second-order valence-corrected chi connectivity index (χ2v) is 6.71. The van der Waals surface area contributed by atoms with Crippen LogP contribution in [0, 0.1) is 6.92 Å². The summed E-state index contributed by atoms with van der Waals surface area (Å²) >= 11 is 2.59. The standard InChI is InChI=1S/C15H17N3O4S2/c1-3-22-14(20)12-9(2)17-15(21)18-13(12)24-8-11(19)16-7-10-5-4-6-23-10/h4-6H,3,7-8H2,1-2H3,(H,16,19)(H,17,18,21). The van der Waals surface area contributed by atoms with Gasteiger partial charge in [0.25, 0.3) is 0 Å². The van der Waals surface area contributed by atoms with Crippen LogP contribution in [0.1, 0.15) is 27.9 Å². The molecule has 2 aromatic rings. The Balaban J connectivity index is 2.04. The van der Waals surface area contributed by atoms with Crippen LogP contribution >= 0.6 is 23.1 Å². The quantitative estimate of drug-likeness (QED) is 0.439. The number of hydrogen-bond donors (Lipinski definition) is 2. The molecule has 1 amide bonds. The molecule has 2 aromatic heterocycles. The largest absolute Gasteiger partial charge is 0.462 e. The molecule has 0 spiro atoms. The molecule has 0 saturated carbocycles. The van der Waals surface area contributed by atoms with Crippen molar-refractivity contribution in [3.05, 3.63) is 44.1 Å². The monoisotopic (exact) mass is 367 g/mol. The zero-order chi connectivity index (χ0) is 17.5. The molecule has 0 aliphatic rings. The lowest BCUT2D eigenvalue weighted by molar-refractivity contribution is -0.118. The van der Waals surface area contributed by atoms with E-state index in [-0.39, 0.29) is 28.9 Å². The maximum atomic E-state index is 12.0. The van der Waals surface area contributed by atoms with Crippen molar-refractivity contribution in [2.24, 2.45) is 0 Å². The number of esters is 1. The fourth-order valence-electron chi connectivity index (χ4n) is 1.89. The molecule has 0 radical (unpaired) electrons. The Morgan fingerprint density at radius 2 is 2.25 bits per heavy atom. The summed E-state index contributed by atoms with van der Waals surface area (Å²) in [7, 11) is 0. The van der Waals surface area contributed by atoms with E-state index in [0.717, 1.165) is 16.6 Å². The van der Waals surface area contributed by atoms with Crippen LogP contribution in [0.2, 0.25) is 0 Å². The number of thioether (sulfide) groups is 1. The summed E-state index contributed by atoms with van der Waals surface area (Å²) in [6, 6.07) is 3.84. The zero-order valence-corrected chi connectivity index (χ0v) is 14.9. The third-order valence-electron chi connectivity index (χ3n) is 2.95. The molecule has 128 valence electrons. The summed E-state index contributed by atoms with van der Waals surface area (Å²) in [5, 5.41) is 4.91. The molecule has 0 atom stereocenters. The molecular weight excluding hydrogens is 350 g/mol. The Hall–Kier alpha value is -2.13. The summed E-state index contributed by atoms with van der Waals surface area (Å²) in [5.41, 5.74) is -0.00973. The van der Waals surface area contributed by atoms with E-state index in [9.17, 15) is 14.4 Å². The molecule has 0 bridgehead atoms. The minimum absolute atomic E-state index is 0.0493. The zero-order valence-electron chi connectivity index (χ0n) is 13.3. The van der Waals surface area contributed by atoms with E-state index < -0.39 is 11.7 Å². The van der Waals surface area contributed by atoms with E-state index in [1.807, 2.05) is 17.5 Å². The van der Waals surface area contributed by atoms with Crippen LogP contribution in [0.3, 0.4) is 0 Å². The number of nitrogens with zero attached hydrogens (tertiary/aromatic N) is 1. The fraction of sp³-hybridized carbons (Fsp3) is 0.333. The molecule has 0 aliphatic carbocycles. The molecule has 0 unspecified atom stereocenters. The van der Waals surface area contributed by atoms with Crippen molar-refractivity contribution in [1.29, 1.82) is 0 Å². The van der Waals surface area contributed by atoms with Crippen molar-refractivity contribution < 1.29 is 14.3 Å². The van der Waals surface area contributed by atoms with Gasteiger partial charge in [-0.05, 0) is 25.3 Å². The predicted molar refractivity (Wildman–Crippen MR) is 92.4 cm³/mol. The molecule has 0 aromatic carbocycles. The number of carbonyl (C=O) groups is 2. The number of aryl methyl sites for hydroxylation is 1. The first kappa shape index (κ1) is 18.2. The van der Waals surface area contributed by atoms with Crippen LogP contribution in [0.5, 0.6) is 0 Å². The van der Waals surface area contributed by atoms with E-state index in [0.29, 0.717) is 12.2 Å². The highest BCUT2D eigenvalue weighted by Gasteiger charge is 2.19. The number of aromatic amines is 1. The first-order valence-corrected chi connectivity index (χ1v) is 9.07. The Bertz CT molecular complexity index is 772. The van der Waals surface area contributed by atoms with Gasteiger partial charge < -0.3 is 15.0 Å². The van der Waals surface area contributed by atoms with Gasteiger partial charge in [0.05, 0.1) is 18.9 Å². The minimum Gasteiger partial charge on any atom is -0.462 e. The summed E-state index contributed by atoms with van der Waals surface area (Å²) in [4.78, 5) is 42.8. The molecule has 2 heterocycles. The minimum atomic E-state index is -0.569. The lowest BCUT2D eigenvalue weighted by atomic mass is 10.2. The van der Waals surface area contributed by atoms with E-state index in [2.05, 4.69) is 15.3 Å². The molecule has 2 rings (SSSR count). The average molecular weight is 367 g/mol. The van der Waals surface area contributed by atoms with Crippen LogP contribution in [0.4, 0.5) is 0 Å². The van der Waals surface area contributed by atoms with Crippen molar-refractivity contribution in [2.45, 2.75) is 25.4 Å². The Morgan fingerprint density at radius 3 is 2.92 bits per heavy atom. The highest BCUT2D eigenvalue weighted by Crippen LogP contribution is 2.21. The summed E-state index contributed by atoms with van der Waals surface area (Å²) in [6.07, 6.45) is 0. The highest BCUT2D eigenvalue weighted by molar-refractivity contribution is 8.00. The lowest BCUT2D eigenvalue weighted by Crippen LogP contribution is -2.25. The van der Waals surface area contributed by atoms with Crippen molar-refractivity contribution in [3.63, 3.8) is 0 Å². The number of ether oxygens (including phenoxy) is 1. The first-order chi connectivity index (χ1) is 11.5. The molecule has 24 heavy (non-hydrogen) atoms. The van der Waals surface area contributed by atoms with Crippen LogP contribution in [-0.4, -0.2) is 34.2 Å². The fourth-order valence-corrected chi connectivity index (χ4v) is 3.43. The molecule has 0 aliphatic heterocycles. The van der Waals surface area contributed by atoms with Gasteiger partial charge in [-0.1, -0.05) is 17.8 Å². The Morgan fingerprint density at radius 1 is 1.46 bits per heavy atom. The summed E-state index contributed by atoms with van der Waals surface area (Å²) in [5.74, 6) is -0.726. The second-order valence-electron chi connectivity index (χ2n) is 4.71. The van der Waals surface area contributed by atoms with Gasteiger partial charge in [0.15, 0.2) is 0 Å². The highest BCUT2D eigenvalue weighted by atomic mass is 32.2. The van der Waals surface area contributed by atoms with Gasteiger partial charge in [0.2, 0.25) is 5.91 Å². The van der Waals surface area contributed by atoms with E-state index >= 15 is 0 Å². The first-order valence-electron chi connectivity index (χ1n) is 7.21. The predicted octanol–water partition coefficient (Wildman–Crippen LogP) is 1.73.